The molecule has 1 aliphatic carbocycles. The summed E-state index contributed by atoms with van der Waals surface area (Å²) in [5, 5.41) is 6.22. The van der Waals surface area contributed by atoms with Crippen molar-refractivity contribution in [1.82, 2.24) is 10.2 Å². The van der Waals surface area contributed by atoms with Gasteiger partial charge < -0.3 is 34.5 Å². The zero-order valence-corrected chi connectivity index (χ0v) is 23.7. The summed E-state index contributed by atoms with van der Waals surface area (Å²) in [5.74, 6) is -0.300. The lowest BCUT2D eigenvalue weighted by Crippen LogP contribution is -2.57. The van der Waals surface area contributed by atoms with Gasteiger partial charge in [0, 0.05) is 24.3 Å². The number of fused-ring (bicyclic) bond motifs is 2. The molecule has 1 saturated carbocycles. The van der Waals surface area contributed by atoms with E-state index >= 15 is 0 Å². The summed E-state index contributed by atoms with van der Waals surface area (Å²) >= 11 is 0. The number of carbonyl (C=O) groups is 3. The number of likely N-dealkylation sites (tertiary alicyclic amines) is 1. The molecule has 220 valence electrons. The third kappa shape index (κ3) is 4.31. The molecule has 0 unspecified atom stereocenters. The van der Waals surface area contributed by atoms with E-state index in [-0.39, 0.29) is 37.1 Å². The molecule has 2 aromatic carbocycles. The van der Waals surface area contributed by atoms with E-state index in [0.29, 0.717) is 28.9 Å². The number of amides is 3. The van der Waals surface area contributed by atoms with Crippen molar-refractivity contribution < 1.29 is 33.3 Å². The Kier molecular flexibility index (Phi) is 6.61. The van der Waals surface area contributed by atoms with Gasteiger partial charge in [-0.3, -0.25) is 14.4 Å². The lowest BCUT2D eigenvalue weighted by atomic mass is 9.74. The molecule has 2 bridgehead atoms. The maximum absolute atomic E-state index is 14.3. The van der Waals surface area contributed by atoms with Crippen LogP contribution in [0.25, 0.3) is 0 Å². The monoisotopic (exact) mass is 573 g/mol. The first-order valence-corrected chi connectivity index (χ1v) is 14.7. The van der Waals surface area contributed by atoms with Gasteiger partial charge in [-0.05, 0) is 48.6 Å². The zero-order valence-electron chi connectivity index (χ0n) is 23.7. The van der Waals surface area contributed by atoms with Crippen molar-refractivity contribution in [2.24, 2.45) is 17.8 Å². The number of hydrogen-bond acceptors (Lipinski definition) is 7. The average Bonchev–Trinajstić information content (AvgIpc) is 3.75. The number of nitrogens with one attached hydrogen (secondary N) is 2. The molecule has 7 rings (SSSR count). The van der Waals surface area contributed by atoms with Crippen molar-refractivity contribution in [1.29, 1.82) is 0 Å². The van der Waals surface area contributed by atoms with Crippen LogP contribution >= 0.6 is 0 Å². The highest BCUT2D eigenvalue weighted by Gasteiger charge is 2.72. The summed E-state index contributed by atoms with van der Waals surface area (Å²) in [6.45, 7) is 2.46. The second-order valence-corrected chi connectivity index (χ2v) is 12.0. The highest BCUT2D eigenvalue weighted by molar-refractivity contribution is 6.02. The van der Waals surface area contributed by atoms with E-state index in [1.165, 1.54) is 0 Å². The number of rotatable bonds is 7. The SMILES string of the molecule is COc1cccc(NC(=O)[C@H]2[C@H]3C=C[C@@]4(O3)[C@H]2C(=O)N(Cc2ccc3c(c2)OCO3)[C@@H]4C(=O)N[C@@H]2CCCC[C@@H]2C)c1. The number of nitrogens with zero attached hydrogens (tertiary/aromatic N) is 1. The van der Waals surface area contributed by atoms with Crippen LogP contribution in [0.4, 0.5) is 5.69 Å². The van der Waals surface area contributed by atoms with E-state index in [1.807, 2.05) is 30.4 Å². The topological polar surface area (TPSA) is 115 Å². The minimum absolute atomic E-state index is 0.0268. The van der Waals surface area contributed by atoms with Crippen molar-refractivity contribution in [3.63, 3.8) is 0 Å². The summed E-state index contributed by atoms with van der Waals surface area (Å²) in [5.41, 5.74) is 0.114. The van der Waals surface area contributed by atoms with E-state index in [1.54, 1.807) is 36.3 Å². The number of ether oxygens (including phenoxy) is 4. The molecule has 1 spiro atoms. The van der Waals surface area contributed by atoms with E-state index < -0.39 is 29.6 Å². The lowest BCUT2D eigenvalue weighted by molar-refractivity contribution is -0.142. The summed E-state index contributed by atoms with van der Waals surface area (Å²) in [7, 11) is 1.56. The predicted molar refractivity (Wildman–Crippen MR) is 152 cm³/mol. The Labute approximate surface area is 244 Å². The summed E-state index contributed by atoms with van der Waals surface area (Å²) in [6.07, 6.45) is 7.21. The molecule has 2 saturated heterocycles. The van der Waals surface area contributed by atoms with Crippen LogP contribution in [-0.4, -0.2) is 60.3 Å². The van der Waals surface area contributed by atoms with E-state index in [2.05, 4.69) is 17.6 Å². The Morgan fingerprint density at radius 1 is 1.07 bits per heavy atom. The summed E-state index contributed by atoms with van der Waals surface area (Å²) in [6, 6.07) is 11.7. The van der Waals surface area contributed by atoms with Gasteiger partial charge in [0.25, 0.3) is 0 Å². The number of carbonyl (C=O) groups excluding carboxylic acids is 3. The van der Waals surface area contributed by atoms with Crippen LogP contribution in [0, 0.1) is 17.8 Å². The molecular formula is C32H35N3O7. The average molecular weight is 574 g/mol. The van der Waals surface area contributed by atoms with E-state index in [9.17, 15) is 14.4 Å². The van der Waals surface area contributed by atoms with Crippen LogP contribution in [0.15, 0.2) is 54.6 Å². The molecule has 0 aromatic heterocycles. The van der Waals surface area contributed by atoms with E-state index in [0.717, 1.165) is 31.2 Å². The second kappa shape index (κ2) is 10.3. The van der Waals surface area contributed by atoms with E-state index in [4.69, 9.17) is 18.9 Å². The first-order chi connectivity index (χ1) is 20.4. The molecule has 4 heterocycles. The fourth-order valence-electron chi connectivity index (χ4n) is 7.39. The van der Waals surface area contributed by atoms with Crippen LogP contribution in [0.3, 0.4) is 0 Å². The van der Waals surface area contributed by atoms with Crippen molar-refractivity contribution >= 4 is 23.4 Å². The molecule has 3 fully saturated rings. The molecule has 0 radical (unpaired) electrons. The van der Waals surface area contributed by atoms with Gasteiger partial charge in [0.2, 0.25) is 24.5 Å². The third-order valence-electron chi connectivity index (χ3n) is 9.49. The molecule has 3 amide bonds. The van der Waals surface area contributed by atoms with Crippen molar-refractivity contribution in [2.75, 3.05) is 19.2 Å². The maximum Gasteiger partial charge on any atom is 0.246 e. The van der Waals surface area contributed by atoms with Crippen molar-refractivity contribution in [2.45, 2.75) is 62.9 Å². The molecule has 2 aromatic rings. The maximum atomic E-state index is 14.3. The smallest absolute Gasteiger partial charge is 0.246 e. The number of benzene rings is 2. The van der Waals surface area contributed by atoms with Gasteiger partial charge in [-0.1, -0.05) is 44.1 Å². The normalized spacial score (nSPS) is 32.1. The van der Waals surface area contributed by atoms with Crippen LogP contribution in [0.1, 0.15) is 38.2 Å². The molecule has 10 heteroatoms. The molecule has 4 aliphatic heterocycles. The number of methoxy groups -OCH3 is 1. The molecular weight excluding hydrogens is 538 g/mol. The molecule has 42 heavy (non-hydrogen) atoms. The standard InChI is InChI=1S/C32H35N3O7/c1-18-6-3-4-9-22(18)34-30(37)28-32-13-12-24(42-32)26(29(36)33-20-7-5-8-21(15-20)39-2)27(32)31(38)35(28)16-19-10-11-23-25(14-19)41-17-40-23/h5,7-8,10-15,18,22,24,26-28H,3-4,6,9,16-17H2,1-2H3,(H,33,36)(H,34,37)/t18-,22+,24+,26-,27+,28+,32+/m0/s1. The van der Waals surface area contributed by atoms with Gasteiger partial charge in [-0.25, -0.2) is 0 Å². The second-order valence-electron chi connectivity index (χ2n) is 12.0. The van der Waals surface area contributed by atoms with Crippen LogP contribution < -0.4 is 24.8 Å². The molecule has 2 N–H and O–H groups in total. The van der Waals surface area contributed by atoms with Crippen molar-refractivity contribution in [3.8, 4) is 17.2 Å². The first-order valence-electron chi connectivity index (χ1n) is 14.7. The fourth-order valence-corrected chi connectivity index (χ4v) is 7.39. The Hall–Kier alpha value is -4.05. The van der Waals surface area contributed by atoms with Gasteiger partial charge in [-0.2, -0.15) is 0 Å². The Balaban J connectivity index is 1.21. The number of hydrogen-bond donors (Lipinski definition) is 2. The Bertz CT molecular complexity index is 1460. The minimum atomic E-state index is -1.24. The Morgan fingerprint density at radius 2 is 1.90 bits per heavy atom. The highest BCUT2D eigenvalue weighted by atomic mass is 16.7. The number of anilines is 1. The Morgan fingerprint density at radius 3 is 2.74 bits per heavy atom. The van der Waals surface area contributed by atoms with Gasteiger partial charge >= 0.3 is 0 Å². The largest absolute Gasteiger partial charge is 0.497 e. The van der Waals surface area contributed by atoms with Gasteiger partial charge in [0.05, 0.1) is 25.0 Å². The lowest BCUT2D eigenvalue weighted by Gasteiger charge is -2.36. The zero-order chi connectivity index (χ0) is 29.0. The minimum Gasteiger partial charge on any atom is -0.497 e. The molecule has 5 aliphatic rings. The summed E-state index contributed by atoms with van der Waals surface area (Å²) in [4.78, 5) is 43.8. The van der Waals surface area contributed by atoms with Crippen LogP contribution in [0.5, 0.6) is 17.2 Å². The fraction of sp³-hybridized carbons (Fsp3) is 0.469. The quantitative estimate of drug-likeness (QED) is 0.488. The molecule has 10 nitrogen and oxygen atoms in total. The van der Waals surface area contributed by atoms with Crippen molar-refractivity contribution in [3.05, 3.63) is 60.2 Å². The van der Waals surface area contributed by atoms with Crippen LogP contribution in [0.2, 0.25) is 0 Å². The van der Waals surface area contributed by atoms with Crippen LogP contribution in [-0.2, 0) is 25.7 Å². The van der Waals surface area contributed by atoms with Gasteiger partial charge in [0.1, 0.15) is 17.4 Å². The first kappa shape index (κ1) is 26.8. The highest BCUT2D eigenvalue weighted by Crippen LogP contribution is 2.55. The third-order valence-corrected chi connectivity index (χ3v) is 9.49. The van der Waals surface area contributed by atoms with Gasteiger partial charge in [0.15, 0.2) is 11.5 Å². The molecule has 7 atom stereocenters. The predicted octanol–water partition coefficient (Wildman–Crippen LogP) is 3.41. The van der Waals surface area contributed by atoms with Gasteiger partial charge in [-0.15, -0.1) is 0 Å². The summed E-state index contributed by atoms with van der Waals surface area (Å²) < 4.78 is 22.8.